The molecular formula is C11H14N2O2. The van der Waals surface area contributed by atoms with E-state index in [0.29, 0.717) is 6.54 Å². The average molecular weight is 206 g/mol. The van der Waals surface area contributed by atoms with Gasteiger partial charge in [0.2, 0.25) is 5.78 Å². The van der Waals surface area contributed by atoms with Gasteiger partial charge in [0.25, 0.3) is 5.91 Å². The number of hydrogen-bond acceptors (Lipinski definition) is 3. The number of likely N-dealkylation sites (tertiary alicyclic amines) is 1. The maximum atomic E-state index is 11.6. The summed E-state index contributed by atoms with van der Waals surface area (Å²) in [4.78, 5) is 24.6. The van der Waals surface area contributed by atoms with Crippen LogP contribution < -0.4 is 0 Å². The Kier molecular flexibility index (Phi) is 2.72. The van der Waals surface area contributed by atoms with Crippen molar-refractivity contribution in [3.05, 3.63) is 0 Å². The molecule has 0 radical (unpaired) electrons. The zero-order chi connectivity index (χ0) is 10.8. The first-order chi connectivity index (χ1) is 7.24. The summed E-state index contributed by atoms with van der Waals surface area (Å²) >= 11 is 0. The fourth-order valence-electron chi connectivity index (χ4n) is 2.46. The first-order valence-corrected chi connectivity index (χ1v) is 5.48. The van der Waals surface area contributed by atoms with Crippen LogP contribution in [0.4, 0.5) is 0 Å². The number of nitrogens with zero attached hydrogens (tertiary/aromatic N) is 2. The Morgan fingerprint density at radius 3 is 2.40 bits per heavy atom. The fourth-order valence-corrected chi connectivity index (χ4v) is 2.46. The summed E-state index contributed by atoms with van der Waals surface area (Å²) in [5.41, 5.74) is 0. The molecule has 4 heteroatoms. The molecule has 2 fully saturated rings. The van der Waals surface area contributed by atoms with E-state index in [1.54, 1.807) is 4.90 Å². The Morgan fingerprint density at radius 1 is 1.20 bits per heavy atom. The van der Waals surface area contributed by atoms with Crippen LogP contribution in [0.2, 0.25) is 0 Å². The lowest BCUT2D eigenvalue weighted by Gasteiger charge is -2.30. The van der Waals surface area contributed by atoms with Crippen molar-refractivity contribution >= 4 is 11.7 Å². The molecule has 1 saturated heterocycles. The van der Waals surface area contributed by atoms with Gasteiger partial charge in [-0.25, -0.2) is 0 Å². The summed E-state index contributed by atoms with van der Waals surface area (Å²) < 4.78 is 0. The van der Waals surface area contributed by atoms with Gasteiger partial charge in [-0.3, -0.25) is 9.59 Å². The number of Topliss-reactive ketones (excluding diaryl/α,β-unsaturated/α-hetero) is 1. The van der Waals surface area contributed by atoms with Crippen molar-refractivity contribution in [1.82, 2.24) is 4.90 Å². The van der Waals surface area contributed by atoms with Crippen LogP contribution in [-0.4, -0.2) is 29.2 Å². The van der Waals surface area contributed by atoms with Crippen molar-refractivity contribution < 1.29 is 9.59 Å². The molecule has 0 bridgehead atoms. The minimum atomic E-state index is -0.723. The van der Waals surface area contributed by atoms with E-state index in [9.17, 15) is 9.59 Å². The molecule has 0 aromatic carbocycles. The maximum absolute atomic E-state index is 11.6. The Labute approximate surface area is 88.9 Å². The molecule has 1 saturated carbocycles. The van der Waals surface area contributed by atoms with Crippen LogP contribution in [0.15, 0.2) is 0 Å². The lowest BCUT2D eigenvalue weighted by molar-refractivity contribution is -0.141. The summed E-state index contributed by atoms with van der Waals surface area (Å²) in [6, 6.07) is 2.10. The van der Waals surface area contributed by atoms with Gasteiger partial charge < -0.3 is 4.90 Å². The quantitative estimate of drug-likeness (QED) is 0.598. The van der Waals surface area contributed by atoms with Gasteiger partial charge in [0, 0.05) is 12.6 Å². The predicted molar refractivity (Wildman–Crippen MR) is 52.7 cm³/mol. The van der Waals surface area contributed by atoms with Crippen molar-refractivity contribution in [1.29, 1.82) is 5.26 Å². The van der Waals surface area contributed by atoms with E-state index >= 15 is 0 Å². The van der Waals surface area contributed by atoms with Gasteiger partial charge in [-0.1, -0.05) is 19.3 Å². The van der Waals surface area contributed by atoms with Crippen molar-refractivity contribution in [2.24, 2.45) is 5.92 Å². The first kappa shape index (κ1) is 10.2. The van der Waals surface area contributed by atoms with Crippen LogP contribution in [0.1, 0.15) is 32.1 Å². The zero-order valence-electron chi connectivity index (χ0n) is 8.61. The Bertz CT molecular complexity index is 326. The van der Waals surface area contributed by atoms with E-state index in [1.165, 1.54) is 6.42 Å². The van der Waals surface area contributed by atoms with E-state index in [4.69, 9.17) is 5.26 Å². The summed E-state index contributed by atoms with van der Waals surface area (Å²) in [7, 11) is 0. The molecule has 1 aliphatic carbocycles. The second kappa shape index (κ2) is 4.01. The van der Waals surface area contributed by atoms with Gasteiger partial charge in [0.05, 0.1) is 6.07 Å². The first-order valence-electron chi connectivity index (χ1n) is 5.48. The number of nitriles is 1. The summed E-state index contributed by atoms with van der Waals surface area (Å²) in [6.45, 7) is 0.318. The average Bonchev–Trinajstić information content (AvgIpc) is 2.57. The molecule has 0 aromatic rings. The number of carbonyl (C=O) groups excluding carboxylic acids is 2. The lowest BCUT2D eigenvalue weighted by atomic mass is 9.94. The van der Waals surface area contributed by atoms with E-state index in [1.807, 2.05) is 6.07 Å². The summed E-state index contributed by atoms with van der Waals surface area (Å²) in [6.07, 6.45) is 5.43. The van der Waals surface area contributed by atoms with Gasteiger partial charge in [-0.15, -0.1) is 0 Å². The Hall–Kier alpha value is -1.37. The minimum Gasteiger partial charge on any atom is -0.331 e. The third-order valence-electron chi connectivity index (χ3n) is 3.34. The maximum Gasteiger partial charge on any atom is 0.291 e. The van der Waals surface area contributed by atoms with E-state index in [-0.39, 0.29) is 6.04 Å². The Balaban J connectivity index is 2.08. The largest absolute Gasteiger partial charge is 0.331 e. The molecule has 0 aromatic heterocycles. The lowest BCUT2D eigenvalue weighted by Crippen LogP contribution is -2.38. The summed E-state index contributed by atoms with van der Waals surface area (Å²) in [5.74, 6) is -1.67. The molecule has 2 rings (SSSR count). The van der Waals surface area contributed by atoms with E-state index in [0.717, 1.165) is 25.7 Å². The smallest absolute Gasteiger partial charge is 0.291 e. The molecule has 15 heavy (non-hydrogen) atoms. The van der Waals surface area contributed by atoms with E-state index in [2.05, 4.69) is 0 Å². The topological polar surface area (TPSA) is 61.2 Å². The van der Waals surface area contributed by atoms with Crippen LogP contribution in [-0.2, 0) is 9.59 Å². The third kappa shape index (κ3) is 1.74. The monoisotopic (exact) mass is 206 g/mol. The molecule has 0 N–H and O–H groups in total. The molecule has 1 aliphatic heterocycles. The molecule has 2 aliphatic rings. The highest BCUT2D eigenvalue weighted by atomic mass is 16.2. The van der Waals surface area contributed by atoms with Crippen LogP contribution >= 0.6 is 0 Å². The van der Waals surface area contributed by atoms with Gasteiger partial charge in [-0.05, 0) is 12.8 Å². The standard InChI is InChI=1S/C11H14N2O2/c12-6-8-7-13(11(15)10(8)14)9-4-2-1-3-5-9/h8-9H,1-5,7H2/t8-/m0/s1. The molecule has 1 heterocycles. The number of amides is 1. The number of rotatable bonds is 1. The fraction of sp³-hybridized carbons (Fsp3) is 0.727. The Morgan fingerprint density at radius 2 is 1.87 bits per heavy atom. The van der Waals surface area contributed by atoms with Gasteiger partial charge in [0.1, 0.15) is 5.92 Å². The molecule has 80 valence electrons. The SMILES string of the molecule is N#C[C@H]1CN(C2CCCCC2)C(=O)C1=O. The van der Waals surface area contributed by atoms with Crippen LogP contribution in [0.3, 0.4) is 0 Å². The molecule has 1 atom stereocenters. The van der Waals surface area contributed by atoms with Crippen LogP contribution in [0.5, 0.6) is 0 Å². The van der Waals surface area contributed by atoms with Crippen molar-refractivity contribution in [2.75, 3.05) is 6.54 Å². The van der Waals surface area contributed by atoms with Crippen LogP contribution in [0.25, 0.3) is 0 Å². The highest BCUT2D eigenvalue weighted by molar-refractivity contribution is 6.39. The predicted octanol–water partition coefficient (Wildman–Crippen LogP) is 0.870. The molecule has 0 unspecified atom stereocenters. The van der Waals surface area contributed by atoms with Gasteiger partial charge in [0.15, 0.2) is 0 Å². The number of hydrogen-bond donors (Lipinski definition) is 0. The molecule has 1 amide bonds. The normalized spacial score (nSPS) is 28.2. The number of carbonyl (C=O) groups is 2. The molecule has 0 spiro atoms. The van der Waals surface area contributed by atoms with Crippen molar-refractivity contribution in [2.45, 2.75) is 38.1 Å². The van der Waals surface area contributed by atoms with Crippen molar-refractivity contribution in [3.8, 4) is 6.07 Å². The minimum absolute atomic E-state index is 0.202. The summed E-state index contributed by atoms with van der Waals surface area (Å²) in [5, 5.41) is 8.72. The van der Waals surface area contributed by atoms with Crippen LogP contribution in [0, 0.1) is 17.2 Å². The molecule has 4 nitrogen and oxygen atoms in total. The zero-order valence-corrected chi connectivity index (χ0v) is 8.61. The third-order valence-corrected chi connectivity index (χ3v) is 3.34. The second-order valence-corrected chi connectivity index (χ2v) is 4.30. The number of ketones is 1. The highest BCUT2D eigenvalue weighted by Gasteiger charge is 2.42. The van der Waals surface area contributed by atoms with Crippen molar-refractivity contribution in [3.63, 3.8) is 0 Å². The van der Waals surface area contributed by atoms with E-state index < -0.39 is 17.6 Å². The van der Waals surface area contributed by atoms with Gasteiger partial charge >= 0.3 is 0 Å². The van der Waals surface area contributed by atoms with Gasteiger partial charge in [-0.2, -0.15) is 5.26 Å². The highest BCUT2D eigenvalue weighted by Crippen LogP contribution is 2.26. The molecular weight excluding hydrogens is 192 g/mol. The second-order valence-electron chi connectivity index (χ2n) is 4.30.